The Balaban J connectivity index is 2.48. The molecule has 114 valence electrons. The van der Waals surface area contributed by atoms with Crippen LogP contribution in [-0.4, -0.2) is 16.9 Å². The van der Waals surface area contributed by atoms with Crippen LogP contribution in [0.5, 0.6) is 0 Å². The highest BCUT2D eigenvalue weighted by Gasteiger charge is 2.24. The van der Waals surface area contributed by atoms with Crippen molar-refractivity contribution in [2.75, 3.05) is 4.90 Å². The molecule has 6 heteroatoms. The molecule has 0 atom stereocenters. The molecule has 0 aliphatic rings. The summed E-state index contributed by atoms with van der Waals surface area (Å²) in [6, 6.07) is 12.9. The number of halogens is 1. The minimum Gasteiger partial charge on any atom is -0.306 e. The molecule has 2 aromatic carbocycles. The quantitative estimate of drug-likeness (QED) is 0.623. The van der Waals surface area contributed by atoms with Crippen LogP contribution in [0.3, 0.4) is 0 Å². The van der Waals surface area contributed by atoms with Gasteiger partial charge >= 0.3 is 0 Å². The first kappa shape index (κ1) is 16.0. The first-order valence-corrected chi connectivity index (χ1v) is 7.12. The highest BCUT2D eigenvalue weighted by Crippen LogP contribution is 2.26. The molecule has 22 heavy (non-hydrogen) atoms. The largest absolute Gasteiger partial charge is 0.306 e. The Kier molecular flexibility index (Phi) is 4.78. The summed E-state index contributed by atoms with van der Waals surface area (Å²) < 4.78 is 0. The van der Waals surface area contributed by atoms with E-state index >= 15 is 0 Å². The molecule has 0 heterocycles. The minimum atomic E-state index is -0.546. The van der Waals surface area contributed by atoms with E-state index in [1.54, 1.807) is 4.90 Å². The summed E-state index contributed by atoms with van der Waals surface area (Å²) in [7, 11) is 0. The molecule has 0 N–H and O–H groups in total. The monoisotopic (exact) mass is 318 g/mol. The highest BCUT2D eigenvalue weighted by molar-refractivity contribution is 6.34. The molecule has 0 saturated heterocycles. The predicted octanol–water partition coefficient (Wildman–Crippen LogP) is 4.30. The fourth-order valence-corrected chi connectivity index (χ4v) is 2.36. The van der Waals surface area contributed by atoms with Gasteiger partial charge in [0.15, 0.2) is 0 Å². The molecule has 2 rings (SSSR count). The van der Waals surface area contributed by atoms with Crippen molar-refractivity contribution >= 4 is 28.9 Å². The topological polar surface area (TPSA) is 63.5 Å². The maximum absolute atomic E-state index is 12.8. The molecule has 2 aromatic rings. The standard InChI is InChI=1S/C16H15ClN2O3/c1-11(2)18(12-6-4-3-5-7-12)16(20)14-10-13(19(21)22)8-9-15(14)17/h3-11H,1-2H3. The van der Waals surface area contributed by atoms with Gasteiger partial charge in [-0.25, -0.2) is 0 Å². The van der Waals surface area contributed by atoms with Gasteiger partial charge in [-0.2, -0.15) is 0 Å². The molecule has 0 aliphatic heterocycles. The minimum absolute atomic E-state index is 0.119. The van der Waals surface area contributed by atoms with E-state index in [1.807, 2.05) is 44.2 Å². The number of non-ortho nitro benzene ring substituents is 1. The van der Waals surface area contributed by atoms with E-state index in [-0.39, 0.29) is 28.2 Å². The maximum atomic E-state index is 12.8. The highest BCUT2D eigenvalue weighted by atomic mass is 35.5. The van der Waals surface area contributed by atoms with Crippen LogP contribution < -0.4 is 4.90 Å². The van der Waals surface area contributed by atoms with Crippen LogP contribution >= 0.6 is 11.6 Å². The summed E-state index contributed by atoms with van der Waals surface area (Å²) in [6.45, 7) is 3.74. The lowest BCUT2D eigenvalue weighted by atomic mass is 10.1. The number of nitrogens with zero attached hydrogens (tertiary/aromatic N) is 2. The lowest BCUT2D eigenvalue weighted by Gasteiger charge is -2.27. The zero-order valence-electron chi connectivity index (χ0n) is 12.2. The van der Waals surface area contributed by atoms with Gasteiger partial charge in [-0.3, -0.25) is 14.9 Å². The molecule has 0 aromatic heterocycles. The van der Waals surface area contributed by atoms with Crippen molar-refractivity contribution in [2.45, 2.75) is 19.9 Å². The van der Waals surface area contributed by atoms with E-state index in [0.717, 1.165) is 0 Å². The lowest BCUT2D eigenvalue weighted by molar-refractivity contribution is -0.384. The Labute approximate surface area is 133 Å². The SMILES string of the molecule is CC(C)N(C(=O)c1cc([N+](=O)[O-])ccc1Cl)c1ccccc1. The van der Waals surface area contributed by atoms with E-state index in [9.17, 15) is 14.9 Å². The van der Waals surface area contributed by atoms with E-state index < -0.39 is 4.92 Å². The fourth-order valence-electron chi connectivity index (χ4n) is 2.16. The van der Waals surface area contributed by atoms with Gasteiger partial charge in [0, 0.05) is 23.9 Å². The maximum Gasteiger partial charge on any atom is 0.270 e. The second-order valence-electron chi connectivity index (χ2n) is 5.03. The summed E-state index contributed by atoms with van der Waals surface area (Å²) in [5, 5.41) is 11.1. The molecule has 0 bridgehead atoms. The van der Waals surface area contributed by atoms with Crippen molar-refractivity contribution in [1.29, 1.82) is 0 Å². The van der Waals surface area contributed by atoms with Crippen LogP contribution in [0, 0.1) is 10.1 Å². The van der Waals surface area contributed by atoms with Crippen molar-refractivity contribution < 1.29 is 9.72 Å². The zero-order chi connectivity index (χ0) is 16.3. The van der Waals surface area contributed by atoms with Gasteiger partial charge in [0.2, 0.25) is 0 Å². The molecule has 0 saturated carbocycles. The van der Waals surface area contributed by atoms with Crippen LogP contribution in [0.1, 0.15) is 24.2 Å². The third-order valence-corrected chi connectivity index (χ3v) is 3.49. The molecule has 1 amide bonds. The number of para-hydroxylation sites is 1. The molecule has 0 spiro atoms. The average molecular weight is 319 g/mol. The van der Waals surface area contributed by atoms with E-state index in [2.05, 4.69) is 0 Å². The number of nitro groups is 1. The number of rotatable bonds is 4. The van der Waals surface area contributed by atoms with Crippen LogP contribution in [0.25, 0.3) is 0 Å². The van der Waals surface area contributed by atoms with Gasteiger partial charge in [-0.1, -0.05) is 29.8 Å². The second-order valence-corrected chi connectivity index (χ2v) is 5.43. The zero-order valence-corrected chi connectivity index (χ0v) is 12.9. The van der Waals surface area contributed by atoms with Crippen molar-refractivity contribution in [3.8, 4) is 0 Å². The first-order chi connectivity index (χ1) is 10.4. The van der Waals surface area contributed by atoms with Gasteiger partial charge in [-0.05, 0) is 32.0 Å². The van der Waals surface area contributed by atoms with Crippen molar-refractivity contribution in [3.05, 3.63) is 69.2 Å². The number of benzene rings is 2. The Morgan fingerprint density at radius 1 is 1.18 bits per heavy atom. The molecular weight excluding hydrogens is 304 g/mol. The molecule has 0 fully saturated rings. The van der Waals surface area contributed by atoms with Gasteiger partial charge in [-0.15, -0.1) is 0 Å². The third kappa shape index (κ3) is 3.26. The Hall–Kier alpha value is -2.40. The van der Waals surface area contributed by atoms with Crippen LogP contribution in [0.4, 0.5) is 11.4 Å². The van der Waals surface area contributed by atoms with E-state index in [0.29, 0.717) is 5.69 Å². The lowest BCUT2D eigenvalue weighted by Crippen LogP contribution is -2.37. The molecule has 0 unspecified atom stereocenters. The number of carbonyl (C=O) groups excluding carboxylic acids is 1. The number of nitro benzene ring substituents is 1. The summed E-state index contributed by atoms with van der Waals surface area (Å²) in [5.74, 6) is -0.366. The van der Waals surface area contributed by atoms with Crippen LogP contribution in [0.2, 0.25) is 5.02 Å². The van der Waals surface area contributed by atoms with Gasteiger partial charge in [0.05, 0.1) is 15.5 Å². The normalized spacial score (nSPS) is 10.5. The fraction of sp³-hybridized carbons (Fsp3) is 0.188. The second kappa shape index (κ2) is 6.58. The predicted molar refractivity (Wildman–Crippen MR) is 86.5 cm³/mol. The van der Waals surface area contributed by atoms with Gasteiger partial charge < -0.3 is 4.90 Å². The summed E-state index contributed by atoms with van der Waals surface area (Å²) in [5.41, 5.74) is 0.669. The van der Waals surface area contributed by atoms with Crippen LogP contribution in [0.15, 0.2) is 48.5 Å². The summed E-state index contributed by atoms with van der Waals surface area (Å²) in [4.78, 5) is 24.7. The van der Waals surface area contributed by atoms with Gasteiger partial charge in [0.1, 0.15) is 0 Å². The number of anilines is 1. The molecule has 5 nitrogen and oxygen atoms in total. The summed E-state index contributed by atoms with van der Waals surface area (Å²) in [6.07, 6.45) is 0. The van der Waals surface area contributed by atoms with Crippen molar-refractivity contribution in [2.24, 2.45) is 0 Å². The average Bonchev–Trinajstić information content (AvgIpc) is 2.48. The number of carbonyl (C=O) groups is 1. The number of hydrogen-bond acceptors (Lipinski definition) is 3. The molecular formula is C16H15ClN2O3. The Morgan fingerprint density at radius 2 is 1.82 bits per heavy atom. The first-order valence-electron chi connectivity index (χ1n) is 6.74. The number of hydrogen-bond donors (Lipinski definition) is 0. The summed E-state index contributed by atoms with van der Waals surface area (Å²) >= 11 is 6.06. The smallest absolute Gasteiger partial charge is 0.270 e. The number of amides is 1. The van der Waals surface area contributed by atoms with Crippen molar-refractivity contribution in [1.82, 2.24) is 0 Å². The van der Waals surface area contributed by atoms with Crippen molar-refractivity contribution in [3.63, 3.8) is 0 Å². The third-order valence-electron chi connectivity index (χ3n) is 3.16. The molecule has 0 radical (unpaired) electrons. The van der Waals surface area contributed by atoms with Gasteiger partial charge in [0.25, 0.3) is 11.6 Å². The van der Waals surface area contributed by atoms with Crippen LogP contribution in [-0.2, 0) is 0 Å². The molecule has 0 aliphatic carbocycles. The van der Waals surface area contributed by atoms with E-state index in [4.69, 9.17) is 11.6 Å². The Bertz CT molecular complexity index is 702. The Morgan fingerprint density at radius 3 is 2.36 bits per heavy atom. The van der Waals surface area contributed by atoms with E-state index in [1.165, 1.54) is 18.2 Å².